The van der Waals surface area contributed by atoms with Gasteiger partial charge in [-0.05, 0) is 28.1 Å². The molecule has 0 saturated carbocycles. The van der Waals surface area contributed by atoms with Gasteiger partial charge in [-0.15, -0.1) is 11.3 Å². The lowest BCUT2D eigenvalue weighted by atomic mass is 10.3. The summed E-state index contributed by atoms with van der Waals surface area (Å²) in [6, 6.07) is 4.21. The van der Waals surface area contributed by atoms with Crippen LogP contribution in [0.15, 0.2) is 22.1 Å². The molecule has 3 heterocycles. The van der Waals surface area contributed by atoms with E-state index in [0.717, 1.165) is 35.9 Å². The first-order chi connectivity index (χ1) is 7.84. The van der Waals surface area contributed by atoms with Crippen LogP contribution in [0.1, 0.15) is 0 Å². The molecule has 1 saturated heterocycles. The molecular weight excluding hydrogens is 288 g/mol. The zero-order valence-electron chi connectivity index (χ0n) is 8.65. The SMILES string of the molecule is Brc1cc2c(N3CCOCC3)nccc2s1. The summed E-state index contributed by atoms with van der Waals surface area (Å²) in [5.74, 6) is 1.09. The number of thiophene rings is 1. The Labute approximate surface area is 106 Å². The predicted molar refractivity (Wildman–Crippen MR) is 70.4 cm³/mol. The van der Waals surface area contributed by atoms with E-state index in [0.29, 0.717) is 0 Å². The first-order valence-corrected chi connectivity index (χ1v) is 6.82. The fourth-order valence-electron chi connectivity index (χ4n) is 1.94. The fraction of sp³-hybridized carbons (Fsp3) is 0.364. The molecule has 84 valence electrons. The van der Waals surface area contributed by atoms with E-state index in [1.807, 2.05) is 6.20 Å². The lowest BCUT2D eigenvalue weighted by Crippen LogP contribution is -2.36. The van der Waals surface area contributed by atoms with E-state index >= 15 is 0 Å². The standard InChI is InChI=1S/C11H11BrN2OS/c12-10-7-8-9(16-10)1-2-13-11(8)14-3-5-15-6-4-14/h1-2,7H,3-6H2. The van der Waals surface area contributed by atoms with Crippen LogP contribution in [0, 0.1) is 0 Å². The Balaban J connectivity index is 2.07. The number of rotatable bonds is 1. The Bertz CT molecular complexity index is 508. The summed E-state index contributed by atoms with van der Waals surface area (Å²) in [6.45, 7) is 3.45. The van der Waals surface area contributed by atoms with Crippen LogP contribution in [0.25, 0.3) is 10.1 Å². The van der Waals surface area contributed by atoms with Gasteiger partial charge in [0.1, 0.15) is 5.82 Å². The van der Waals surface area contributed by atoms with Crippen molar-refractivity contribution < 1.29 is 4.74 Å². The second kappa shape index (κ2) is 4.31. The molecule has 0 amide bonds. The second-order valence-electron chi connectivity index (χ2n) is 3.70. The number of hydrogen-bond acceptors (Lipinski definition) is 4. The van der Waals surface area contributed by atoms with E-state index in [1.54, 1.807) is 11.3 Å². The molecule has 3 nitrogen and oxygen atoms in total. The van der Waals surface area contributed by atoms with E-state index in [1.165, 1.54) is 10.1 Å². The van der Waals surface area contributed by atoms with E-state index < -0.39 is 0 Å². The zero-order valence-corrected chi connectivity index (χ0v) is 11.1. The highest BCUT2D eigenvalue weighted by molar-refractivity contribution is 9.11. The van der Waals surface area contributed by atoms with Gasteiger partial charge in [0.15, 0.2) is 0 Å². The van der Waals surface area contributed by atoms with Crippen LogP contribution in [0.2, 0.25) is 0 Å². The van der Waals surface area contributed by atoms with Crippen molar-refractivity contribution in [2.24, 2.45) is 0 Å². The first-order valence-electron chi connectivity index (χ1n) is 5.21. The molecule has 2 aromatic heterocycles. The number of halogens is 1. The van der Waals surface area contributed by atoms with Gasteiger partial charge in [-0.25, -0.2) is 4.98 Å². The van der Waals surface area contributed by atoms with Crippen LogP contribution in [-0.4, -0.2) is 31.3 Å². The minimum atomic E-state index is 0.795. The minimum absolute atomic E-state index is 0.795. The van der Waals surface area contributed by atoms with E-state index in [4.69, 9.17) is 4.74 Å². The molecule has 2 aromatic rings. The van der Waals surface area contributed by atoms with Crippen molar-refractivity contribution >= 4 is 43.2 Å². The summed E-state index contributed by atoms with van der Waals surface area (Å²) in [7, 11) is 0. The van der Waals surface area contributed by atoms with Crippen LogP contribution in [0.3, 0.4) is 0 Å². The van der Waals surface area contributed by atoms with Crippen LogP contribution in [0.4, 0.5) is 5.82 Å². The van der Waals surface area contributed by atoms with Crippen LogP contribution < -0.4 is 4.90 Å². The number of hydrogen-bond donors (Lipinski definition) is 0. The van der Waals surface area contributed by atoms with E-state index in [9.17, 15) is 0 Å². The van der Waals surface area contributed by atoms with Gasteiger partial charge in [-0.1, -0.05) is 0 Å². The predicted octanol–water partition coefficient (Wildman–Crippen LogP) is 2.90. The van der Waals surface area contributed by atoms with Gasteiger partial charge in [-0.2, -0.15) is 0 Å². The lowest BCUT2D eigenvalue weighted by Gasteiger charge is -2.28. The summed E-state index contributed by atoms with van der Waals surface area (Å²) in [5.41, 5.74) is 0. The van der Waals surface area contributed by atoms with Crippen molar-refractivity contribution in [2.75, 3.05) is 31.2 Å². The minimum Gasteiger partial charge on any atom is -0.378 e. The molecule has 16 heavy (non-hydrogen) atoms. The average Bonchev–Trinajstić information content (AvgIpc) is 2.70. The molecule has 1 fully saturated rings. The van der Waals surface area contributed by atoms with Crippen molar-refractivity contribution in [1.29, 1.82) is 0 Å². The van der Waals surface area contributed by atoms with Crippen LogP contribution in [0.5, 0.6) is 0 Å². The molecule has 0 atom stereocenters. The summed E-state index contributed by atoms with van der Waals surface area (Å²) in [5, 5.41) is 1.24. The van der Waals surface area contributed by atoms with Crippen molar-refractivity contribution in [3.05, 3.63) is 22.1 Å². The molecule has 3 rings (SSSR count). The van der Waals surface area contributed by atoms with Crippen LogP contribution in [-0.2, 0) is 4.74 Å². The Morgan fingerprint density at radius 2 is 2.19 bits per heavy atom. The highest BCUT2D eigenvalue weighted by atomic mass is 79.9. The third kappa shape index (κ3) is 1.83. The number of nitrogens with zero attached hydrogens (tertiary/aromatic N) is 2. The molecule has 0 N–H and O–H groups in total. The molecule has 0 aliphatic carbocycles. The zero-order chi connectivity index (χ0) is 11.0. The van der Waals surface area contributed by atoms with Gasteiger partial charge in [0.05, 0.1) is 17.0 Å². The summed E-state index contributed by atoms with van der Waals surface area (Å²) >= 11 is 5.28. The average molecular weight is 299 g/mol. The van der Waals surface area contributed by atoms with Gasteiger partial charge < -0.3 is 9.64 Å². The number of fused-ring (bicyclic) bond motifs is 1. The normalized spacial score (nSPS) is 16.9. The molecule has 0 unspecified atom stereocenters. The maximum Gasteiger partial charge on any atom is 0.137 e. The van der Waals surface area contributed by atoms with Crippen molar-refractivity contribution in [1.82, 2.24) is 4.98 Å². The summed E-state index contributed by atoms with van der Waals surface area (Å²) in [6.07, 6.45) is 1.88. The Kier molecular flexibility index (Phi) is 2.83. The number of morpholine rings is 1. The van der Waals surface area contributed by atoms with Gasteiger partial charge in [0.25, 0.3) is 0 Å². The highest BCUT2D eigenvalue weighted by Gasteiger charge is 2.15. The lowest BCUT2D eigenvalue weighted by molar-refractivity contribution is 0.122. The number of pyridine rings is 1. The third-order valence-corrected chi connectivity index (χ3v) is 4.31. The van der Waals surface area contributed by atoms with Crippen molar-refractivity contribution in [3.63, 3.8) is 0 Å². The smallest absolute Gasteiger partial charge is 0.137 e. The molecule has 0 spiro atoms. The Morgan fingerprint density at radius 3 is 3.00 bits per heavy atom. The van der Waals surface area contributed by atoms with E-state index in [-0.39, 0.29) is 0 Å². The third-order valence-electron chi connectivity index (χ3n) is 2.70. The largest absolute Gasteiger partial charge is 0.378 e. The number of anilines is 1. The molecule has 0 bridgehead atoms. The topological polar surface area (TPSA) is 25.4 Å². The maximum atomic E-state index is 5.36. The van der Waals surface area contributed by atoms with Gasteiger partial charge >= 0.3 is 0 Å². The molecule has 0 radical (unpaired) electrons. The van der Waals surface area contributed by atoms with Crippen LogP contribution >= 0.6 is 27.3 Å². The maximum absolute atomic E-state index is 5.36. The van der Waals surface area contributed by atoms with Crippen molar-refractivity contribution in [3.8, 4) is 0 Å². The molecule has 1 aliphatic heterocycles. The van der Waals surface area contributed by atoms with E-state index in [2.05, 4.69) is 37.9 Å². The monoisotopic (exact) mass is 298 g/mol. The number of ether oxygens (including phenoxy) is 1. The number of aromatic nitrogens is 1. The highest BCUT2D eigenvalue weighted by Crippen LogP contribution is 2.34. The summed E-state index contributed by atoms with van der Waals surface area (Å²) < 4.78 is 7.80. The quantitative estimate of drug-likeness (QED) is 0.809. The molecule has 1 aliphatic rings. The summed E-state index contributed by atoms with van der Waals surface area (Å²) in [4.78, 5) is 6.80. The first kappa shape index (κ1) is 10.5. The van der Waals surface area contributed by atoms with Gasteiger partial charge in [0, 0.05) is 29.4 Å². The van der Waals surface area contributed by atoms with Crippen molar-refractivity contribution in [2.45, 2.75) is 0 Å². The molecular formula is C11H11BrN2OS. The Hall–Kier alpha value is -0.650. The second-order valence-corrected chi connectivity index (χ2v) is 6.16. The molecule has 0 aromatic carbocycles. The Morgan fingerprint density at radius 1 is 1.38 bits per heavy atom. The van der Waals surface area contributed by atoms with Gasteiger partial charge in [0.2, 0.25) is 0 Å². The van der Waals surface area contributed by atoms with Gasteiger partial charge in [-0.3, -0.25) is 0 Å². The molecule has 5 heteroatoms. The fourth-order valence-corrected chi connectivity index (χ4v) is 3.47.